The molecule has 2 atom stereocenters. The van der Waals surface area contributed by atoms with Gasteiger partial charge in [-0.3, -0.25) is 0 Å². The number of fused-ring (bicyclic) bond motifs is 1. The number of benzene rings is 1. The van der Waals surface area contributed by atoms with Crippen LogP contribution in [0.25, 0.3) is 11.0 Å². The number of hydrogen-bond acceptors (Lipinski definition) is 3. The zero-order chi connectivity index (χ0) is 12.3. The summed E-state index contributed by atoms with van der Waals surface area (Å²) in [6, 6.07) is 8.44. The van der Waals surface area contributed by atoms with E-state index in [1.165, 1.54) is 10.9 Å². The van der Waals surface area contributed by atoms with E-state index < -0.39 is 0 Å². The van der Waals surface area contributed by atoms with Crippen LogP contribution >= 0.6 is 0 Å². The molecule has 1 aromatic heterocycles. The molecule has 0 amide bonds. The molecule has 0 bridgehead atoms. The number of furan rings is 1. The first-order valence-corrected chi connectivity index (χ1v) is 6.09. The Hall–Kier alpha value is -1.32. The summed E-state index contributed by atoms with van der Waals surface area (Å²) in [5, 5.41) is 4.54. The second-order valence-electron chi connectivity index (χ2n) is 4.61. The van der Waals surface area contributed by atoms with Gasteiger partial charge in [-0.1, -0.05) is 25.1 Å². The van der Waals surface area contributed by atoms with E-state index in [9.17, 15) is 0 Å². The van der Waals surface area contributed by atoms with Gasteiger partial charge < -0.3 is 15.5 Å². The van der Waals surface area contributed by atoms with Crippen LogP contribution in [0.4, 0.5) is 0 Å². The topological polar surface area (TPSA) is 51.2 Å². The molecule has 0 aliphatic heterocycles. The Balaban J connectivity index is 2.30. The van der Waals surface area contributed by atoms with Gasteiger partial charge in [-0.15, -0.1) is 0 Å². The second kappa shape index (κ2) is 5.34. The van der Waals surface area contributed by atoms with Crippen molar-refractivity contribution in [2.75, 3.05) is 13.6 Å². The van der Waals surface area contributed by atoms with Gasteiger partial charge in [0.25, 0.3) is 0 Å². The Morgan fingerprint density at radius 1 is 1.35 bits per heavy atom. The predicted molar refractivity (Wildman–Crippen MR) is 70.9 cm³/mol. The molecule has 1 aromatic carbocycles. The van der Waals surface area contributed by atoms with Crippen molar-refractivity contribution < 1.29 is 4.42 Å². The lowest BCUT2D eigenvalue weighted by molar-refractivity contribution is 0.435. The summed E-state index contributed by atoms with van der Waals surface area (Å²) in [4.78, 5) is 0. The molecule has 0 aliphatic carbocycles. The molecule has 17 heavy (non-hydrogen) atoms. The average molecular weight is 232 g/mol. The molecule has 0 aliphatic rings. The summed E-state index contributed by atoms with van der Waals surface area (Å²) in [6.45, 7) is 2.89. The fraction of sp³-hybridized carbons (Fsp3) is 0.429. The van der Waals surface area contributed by atoms with Crippen molar-refractivity contribution in [2.45, 2.75) is 19.4 Å². The third-order valence-corrected chi connectivity index (χ3v) is 3.28. The van der Waals surface area contributed by atoms with Gasteiger partial charge in [-0.25, -0.2) is 0 Å². The molecule has 0 saturated carbocycles. The van der Waals surface area contributed by atoms with Crippen molar-refractivity contribution >= 4 is 11.0 Å². The molecule has 0 radical (unpaired) electrons. The van der Waals surface area contributed by atoms with Crippen molar-refractivity contribution in [3.05, 3.63) is 36.1 Å². The van der Waals surface area contributed by atoms with E-state index in [0.29, 0.717) is 18.5 Å². The highest BCUT2D eigenvalue weighted by molar-refractivity contribution is 5.81. The van der Waals surface area contributed by atoms with Gasteiger partial charge in [0.1, 0.15) is 5.58 Å². The third-order valence-electron chi connectivity index (χ3n) is 3.28. The predicted octanol–water partition coefficient (Wildman–Crippen LogP) is 2.68. The molecule has 0 spiro atoms. The number of hydrogen-bond donors (Lipinski definition) is 2. The lowest BCUT2D eigenvalue weighted by Crippen LogP contribution is -2.22. The van der Waals surface area contributed by atoms with Crippen LogP contribution in [-0.2, 0) is 0 Å². The molecular weight excluding hydrogens is 212 g/mol. The minimum absolute atomic E-state index is 0.303. The van der Waals surface area contributed by atoms with Gasteiger partial charge in [-0.2, -0.15) is 0 Å². The van der Waals surface area contributed by atoms with Crippen molar-refractivity contribution in [1.29, 1.82) is 0 Å². The number of rotatable bonds is 5. The monoisotopic (exact) mass is 232 g/mol. The standard InChI is InChI=1S/C14H20N2O/c1-10(8-15)7-13(16-2)12-9-17-14-6-4-3-5-11(12)14/h3-6,9-10,13,16H,7-8,15H2,1-2H3. The van der Waals surface area contributed by atoms with Crippen molar-refractivity contribution in [2.24, 2.45) is 11.7 Å². The molecule has 2 unspecified atom stereocenters. The van der Waals surface area contributed by atoms with Gasteiger partial charge in [0.05, 0.1) is 6.26 Å². The van der Waals surface area contributed by atoms with Gasteiger partial charge in [0.2, 0.25) is 0 Å². The van der Waals surface area contributed by atoms with Crippen molar-refractivity contribution in [3.8, 4) is 0 Å². The lowest BCUT2D eigenvalue weighted by atomic mass is 9.96. The van der Waals surface area contributed by atoms with Crippen LogP contribution in [0, 0.1) is 5.92 Å². The Labute approximate surface area is 102 Å². The summed E-state index contributed by atoms with van der Waals surface area (Å²) >= 11 is 0. The molecule has 3 heteroatoms. The van der Waals surface area contributed by atoms with Gasteiger partial charge in [0, 0.05) is 17.0 Å². The van der Waals surface area contributed by atoms with E-state index in [0.717, 1.165) is 12.0 Å². The number of nitrogens with one attached hydrogen (secondary N) is 1. The molecule has 1 heterocycles. The highest BCUT2D eigenvalue weighted by Gasteiger charge is 2.17. The first-order chi connectivity index (χ1) is 8.26. The van der Waals surface area contributed by atoms with Crippen LogP contribution in [0.3, 0.4) is 0 Å². The van der Waals surface area contributed by atoms with Crippen molar-refractivity contribution in [1.82, 2.24) is 5.32 Å². The molecular formula is C14H20N2O. The highest BCUT2D eigenvalue weighted by Crippen LogP contribution is 2.29. The van der Waals surface area contributed by atoms with Crippen LogP contribution in [-0.4, -0.2) is 13.6 Å². The van der Waals surface area contributed by atoms with E-state index >= 15 is 0 Å². The van der Waals surface area contributed by atoms with E-state index in [2.05, 4.69) is 18.3 Å². The molecule has 92 valence electrons. The minimum atomic E-state index is 0.303. The second-order valence-corrected chi connectivity index (χ2v) is 4.61. The van der Waals surface area contributed by atoms with E-state index in [1.54, 1.807) is 0 Å². The molecule has 2 aromatic rings. The van der Waals surface area contributed by atoms with Crippen LogP contribution < -0.4 is 11.1 Å². The van der Waals surface area contributed by atoms with E-state index in [1.807, 2.05) is 31.5 Å². The molecule has 3 nitrogen and oxygen atoms in total. The van der Waals surface area contributed by atoms with E-state index in [4.69, 9.17) is 10.2 Å². The number of para-hydroxylation sites is 1. The van der Waals surface area contributed by atoms with Crippen molar-refractivity contribution in [3.63, 3.8) is 0 Å². The first kappa shape index (κ1) is 12.1. The summed E-state index contributed by atoms with van der Waals surface area (Å²) in [5.41, 5.74) is 7.86. The van der Waals surface area contributed by atoms with Crippen LogP contribution in [0.5, 0.6) is 0 Å². The Bertz CT molecular complexity index is 478. The van der Waals surface area contributed by atoms with Crippen LogP contribution in [0.1, 0.15) is 24.9 Å². The fourth-order valence-corrected chi connectivity index (χ4v) is 2.17. The zero-order valence-corrected chi connectivity index (χ0v) is 10.4. The third kappa shape index (κ3) is 2.51. The summed E-state index contributed by atoms with van der Waals surface area (Å²) in [5.74, 6) is 0.501. The highest BCUT2D eigenvalue weighted by atomic mass is 16.3. The van der Waals surface area contributed by atoms with Gasteiger partial charge in [0.15, 0.2) is 0 Å². The van der Waals surface area contributed by atoms with Crippen LogP contribution in [0.2, 0.25) is 0 Å². The smallest absolute Gasteiger partial charge is 0.134 e. The first-order valence-electron chi connectivity index (χ1n) is 6.09. The fourth-order valence-electron chi connectivity index (χ4n) is 2.17. The van der Waals surface area contributed by atoms with Crippen LogP contribution in [0.15, 0.2) is 34.9 Å². The maximum Gasteiger partial charge on any atom is 0.134 e. The normalized spacial score (nSPS) is 15.0. The Morgan fingerprint density at radius 2 is 2.12 bits per heavy atom. The number of nitrogens with two attached hydrogens (primary N) is 1. The summed E-state index contributed by atoms with van der Waals surface area (Å²) in [7, 11) is 1.98. The quantitative estimate of drug-likeness (QED) is 0.833. The SMILES string of the molecule is CNC(CC(C)CN)c1coc2ccccc12. The summed E-state index contributed by atoms with van der Waals surface area (Å²) < 4.78 is 5.58. The minimum Gasteiger partial charge on any atom is -0.464 e. The Kier molecular flexibility index (Phi) is 3.82. The maximum atomic E-state index is 5.69. The van der Waals surface area contributed by atoms with Gasteiger partial charge >= 0.3 is 0 Å². The average Bonchev–Trinajstić information content (AvgIpc) is 2.79. The summed E-state index contributed by atoms with van der Waals surface area (Å²) in [6.07, 6.45) is 2.88. The van der Waals surface area contributed by atoms with E-state index in [-0.39, 0.29) is 0 Å². The molecule has 0 saturated heterocycles. The zero-order valence-electron chi connectivity index (χ0n) is 10.4. The van der Waals surface area contributed by atoms with Gasteiger partial charge in [-0.05, 0) is 32.0 Å². The molecule has 3 N–H and O–H groups in total. The molecule has 0 fully saturated rings. The maximum absolute atomic E-state index is 5.69. The molecule has 2 rings (SSSR count). The largest absolute Gasteiger partial charge is 0.464 e. The lowest BCUT2D eigenvalue weighted by Gasteiger charge is -2.18. The Morgan fingerprint density at radius 3 is 2.82 bits per heavy atom.